The molecule has 1 aliphatic heterocycles. The molecule has 0 aromatic carbocycles. The minimum Gasteiger partial charge on any atom is -0.480 e. The molecule has 82 valence electrons. The van der Waals surface area contributed by atoms with Crippen LogP contribution in [0.1, 0.15) is 6.42 Å². The lowest BCUT2D eigenvalue weighted by molar-refractivity contribution is -0.142. The minimum atomic E-state index is -0.813. The van der Waals surface area contributed by atoms with E-state index in [0.29, 0.717) is 6.04 Å². The number of likely N-dealkylation sites (tertiary alicyclic amines) is 1. The van der Waals surface area contributed by atoms with Gasteiger partial charge in [-0.2, -0.15) is 0 Å². The Labute approximate surface area is 84.5 Å². The first-order chi connectivity index (χ1) is 6.56. The molecule has 3 N–H and O–H groups in total. The van der Waals surface area contributed by atoms with Gasteiger partial charge in [0.2, 0.25) is 0 Å². The van der Waals surface area contributed by atoms with Crippen LogP contribution in [0.5, 0.6) is 0 Å². The van der Waals surface area contributed by atoms with Gasteiger partial charge in [-0.25, -0.2) is 0 Å². The third kappa shape index (κ3) is 2.43. The Kier molecular flexibility index (Phi) is 3.86. The zero-order chi connectivity index (χ0) is 10.7. The van der Waals surface area contributed by atoms with Crippen molar-refractivity contribution in [2.75, 3.05) is 33.7 Å². The van der Waals surface area contributed by atoms with Gasteiger partial charge < -0.3 is 15.7 Å². The lowest BCUT2D eigenvalue weighted by atomic mass is 10.2. The van der Waals surface area contributed by atoms with Crippen molar-refractivity contribution in [3.8, 4) is 0 Å². The van der Waals surface area contributed by atoms with Gasteiger partial charge in [0.05, 0.1) is 0 Å². The Bertz CT molecular complexity index is 208. The van der Waals surface area contributed by atoms with Crippen LogP contribution in [0, 0.1) is 0 Å². The predicted molar refractivity (Wildman–Crippen MR) is 54.1 cm³/mol. The molecule has 0 aromatic rings. The number of nitrogens with two attached hydrogens (primary N) is 1. The third-order valence-corrected chi connectivity index (χ3v) is 2.87. The number of rotatable bonds is 4. The van der Waals surface area contributed by atoms with E-state index in [4.69, 9.17) is 10.8 Å². The summed E-state index contributed by atoms with van der Waals surface area (Å²) < 4.78 is 0. The molecule has 1 rings (SSSR count). The maximum absolute atomic E-state index is 10.9. The highest BCUT2D eigenvalue weighted by Crippen LogP contribution is 2.15. The fourth-order valence-electron chi connectivity index (χ4n) is 1.88. The molecule has 2 atom stereocenters. The molecule has 0 amide bonds. The lowest BCUT2D eigenvalue weighted by Gasteiger charge is -2.24. The molecule has 0 aliphatic carbocycles. The molecular weight excluding hydrogens is 182 g/mol. The van der Waals surface area contributed by atoms with Gasteiger partial charge in [-0.05, 0) is 20.5 Å². The number of carbonyl (C=O) groups is 1. The summed E-state index contributed by atoms with van der Waals surface area (Å²) in [5.41, 5.74) is 5.44. The van der Waals surface area contributed by atoms with Gasteiger partial charge in [0, 0.05) is 25.7 Å². The van der Waals surface area contributed by atoms with Gasteiger partial charge in [-0.3, -0.25) is 9.69 Å². The van der Waals surface area contributed by atoms with E-state index in [1.165, 1.54) is 0 Å². The molecule has 0 aromatic heterocycles. The van der Waals surface area contributed by atoms with Gasteiger partial charge in [0.15, 0.2) is 0 Å². The summed E-state index contributed by atoms with van der Waals surface area (Å²) >= 11 is 0. The van der Waals surface area contributed by atoms with E-state index in [1.807, 2.05) is 19.0 Å². The zero-order valence-corrected chi connectivity index (χ0v) is 8.81. The Morgan fingerprint density at radius 3 is 2.71 bits per heavy atom. The van der Waals surface area contributed by atoms with Gasteiger partial charge in [-0.15, -0.1) is 0 Å². The summed E-state index contributed by atoms with van der Waals surface area (Å²) in [6.45, 7) is 1.83. The van der Waals surface area contributed by atoms with Crippen LogP contribution in [0.4, 0.5) is 0 Å². The third-order valence-electron chi connectivity index (χ3n) is 2.87. The number of hydrogen-bond donors (Lipinski definition) is 2. The molecule has 1 saturated heterocycles. The second-order valence-electron chi connectivity index (χ2n) is 3.99. The number of aliphatic carboxylic acids is 1. The van der Waals surface area contributed by atoms with E-state index in [1.54, 1.807) is 0 Å². The van der Waals surface area contributed by atoms with Gasteiger partial charge in [0.25, 0.3) is 0 Å². The number of likely N-dealkylation sites (N-methyl/N-ethyl adjacent to an activating group) is 1. The maximum atomic E-state index is 10.9. The molecule has 0 saturated carbocycles. The van der Waals surface area contributed by atoms with Crippen LogP contribution >= 0.6 is 0 Å². The smallest absolute Gasteiger partial charge is 0.322 e. The summed E-state index contributed by atoms with van der Waals surface area (Å²) in [6, 6.07) is -0.0525. The molecule has 1 fully saturated rings. The monoisotopic (exact) mass is 201 g/mol. The number of carboxylic acids is 1. The second-order valence-corrected chi connectivity index (χ2v) is 3.99. The van der Waals surface area contributed by atoms with E-state index < -0.39 is 12.0 Å². The first kappa shape index (κ1) is 11.4. The number of nitrogens with zero attached hydrogens (tertiary/aromatic N) is 2. The van der Waals surface area contributed by atoms with Crippen LogP contribution < -0.4 is 5.73 Å². The van der Waals surface area contributed by atoms with Crippen molar-refractivity contribution in [1.82, 2.24) is 9.80 Å². The van der Waals surface area contributed by atoms with Crippen LogP contribution in [-0.4, -0.2) is 66.7 Å². The summed E-state index contributed by atoms with van der Waals surface area (Å²) in [6.07, 6.45) is 1.02. The fourth-order valence-corrected chi connectivity index (χ4v) is 1.88. The van der Waals surface area contributed by atoms with Crippen LogP contribution in [-0.2, 0) is 4.79 Å². The average molecular weight is 201 g/mol. The first-order valence-electron chi connectivity index (χ1n) is 4.89. The summed E-state index contributed by atoms with van der Waals surface area (Å²) in [5.74, 6) is -0.813. The van der Waals surface area contributed by atoms with Gasteiger partial charge >= 0.3 is 5.97 Å². The van der Waals surface area contributed by atoms with Crippen LogP contribution in [0.25, 0.3) is 0 Å². The minimum absolute atomic E-state index is 0.190. The van der Waals surface area contributed by atoms with Crippen LogP contribution in [0.15, 0.2) is 0 Å². The van der Waals surface area contributed by atoms with Crippen LogP contribution in [0.2, 0.25) is 0 Å². The van der Waals surface area contributed by atoms with E-state index in [2.05, 4.69) is 4.90 Å². The number of hydrogen-bond acceptors (Lipinski definition) is 4. The largest absolute Gasteiger partial charge is 0.480 e. The molecule has 2 unspecified atom stereocenters. The van der Waals surface area contributed by atoms with Crippen LogP contribution in [0.3, 0.4) is 0 Å². The Balaban J connectivity index is 2.51. The predicted octanol–water partition coefficient (Wildman–Crippen LogP) is -0.966. The van der Waals surface area contributed by atoms with E-state index in [0.717, 1.165) is 19.5 Å². The Hall–Kier alpha value is -0.650. The second kappa shape index (κ2) is 4.72. The molecular formula is C9H19N3O2. The fraction of sp³-hybridized carbons (Fsp3) is 0.889. The normalized spacial score (nSPS) is 25.6. The topological polar surface area (TPSA) is 69.8 Å². The molecule has 0 spiro atoms. The molecule has 14 heavy (non-hydrogen) atoms. The molecule has 1 heterocycles. The SMILES string of the molecule is CN(C)C1CCN(C(CN)C(=O)O)C1. The Morgan fingerprint density at radius 2 is 2.36 bits per heavy atom. The van der Waals surface area contributed by atoms with E-state index in [9.17, 15) is 4.79 Å². The number of carboxylic acid groups (broad SMARTS) is 1. The van der Waals surface area contributed by atoms with Crippen molar-refractivity contribution >= 4 is 5.97 Å². The highest BCUT2D eigenvalue weighted by atomic mass is 16.4. The highest BCUT2D eigenvalue weighted by molar-refractivity contribution is 5.73. The molecule has 5 nitrogen and oxygen atoms in total. The van der Waals surface area contributed by atoms with Crippen molar-refractivity contribution in [2.24, 2.45) is 5.73 Å². The molecule has 5 heteroatoms. The van der Waals surface area contributed by atoms with E-state index in [-0.39, 0.29) is 6.54 Å². The standard InChI is InChI=1S/C9H19N3O2/c1-11(2)7-3-4-12(6-7)8(5-10)9(13)14/h7-8H,3-6,10H2,1-2H3,(H,13,14). The van der Waals surface area contributed by atoms with Gasteiger partial charge in [-0.1, -0.05) is 0 Å². The average Bonchev–Trinajstić information content (AvgIpc) is 2.53. The van der Waals surface area contributed by atoms with Crippen molar-refractivity contribution in [1.29, 1.82) is 0 Å². The van der Waals surface area contributed by atoms with Crippen molar-refractivity contribution in [3.05, 3.63) is 0 Å². The summed E-state index contributed by atoms with van der Waals surface area (Å²) in [7, 11) is 4.04. The lowest BCUT2D eigenvalue weighted by Crippen LogP contribution is -2.46. The first-order valence-corrected chi connectivity index (χ1v) is 4.89. The van der Waals surface area contributed by atoms with Gasteiger partial charge in [0.1, 0.15) is 6.04 Å². The van der Waals surface area contributed by atoms with Crippen molar-refractivity contribution in [2.45, 2.75) is 18.5 Å². The quantitative estimate of drug-likeness (QED) is 0.612. The molecule has 0 radical (unpaired) electrons. The Morgan fingerprint density at radius 1 is 1.71 bits per heavy atom. The summed E-state index contributed by atoms with van der Waals surface area (Å²) in [4.78, 5) is 14.9. The summed E-state index contributed by atoms with van der Waals surface area (Å²) in [5, 5.41) is 8.92. The highest BCUT2D eigenvalue weighted by Gasteiger charge is 2.31. The maximum Gasteiger partial charge on any atom is 0.322 e. The molecule has 0 bridgehead atoms. The van der Waals surface area contributed by atoms with Crippen molar-refractivity contribution < 1.29 is 9.90 Å². The van der Waals surface area contributed by atoms with E-state index >= 15 is 0 Å². The molecule has 1 aliphatic rings. The zero-order valence-electron chi connectivity index (χ0n) is 8.81. The van der Waals surface area contributed by atoms with Crippen molar-refractivity contribution in [3.63, 3.8) is 0 Å².